The zero-order valence-electron chi connectivity index (χ0n) is 14.4. The Morgan fingerprint density at radius 1 is 1.15 bits per heavy atom. The Morgan fingerprint density at radius 3 is 2.81 bits per heavy atom. The smallest absolute Gasteiger partial charge is 0.155 e. The van der Waals surface area contributed by atoms with Gasteiger partial charge < -0.3 is 19.7 Å². The maximum absolute atomic E-state index is 6.28. The van der Waals surface area contributed by atoms with Crippen LogP contribution in [0.5, 0.6) is 5.75 Å². The van der Waals surface area contributed by atoms with Crippen LogP contribution < -0.4 is 15.0 Å². The van der Waals surface area contributed by atoms with Crippen molar-refractivity contribution in [2.75, 3.05) is 43.6 Å². The topological polar surface area (TPSA) is 59.5 Å². The van der Waals surface area contributed by atoms with Gasteiger partial charge in [0.2, 0.25) is 0 Å². The molecule has 3 aromatic rings. The summed E-state index contributed by atoms with van der Waals surface area (Å²) in [6.07, 6.45) is 1.77. The van der Waals surface area contributed by atoms with Gasteiger partial charge >= 0.3 is 0 Å². The van der Waals surface area contributed by atoms with E-state index >= 15 is 0 Å². The SMILES string of the molecule is COc1ccc(Cl)c2ccc(Nc3ncccc3N3CCOCC3)nc12. The molecule has 1 saturated heterocycles. The largest absolute Gasteiger partial charge is 0.494 e. The van der Waals surface area contributed by atoms with E-state index in [0.29, 0.717) is 22.1 Å². The van der Waals surface area contributed by atoms with Gasteiger partial charge in [-0.3, -0.25) is 0 Å². The average molecular weight is 371 g/mol. The van der Waals surface area contributed by atoms with E-state index in [1.165, 1.54) is 0 Å². The Bertz CT molecular complexity index is 929. The van der Waals surface area contributed by atoms with Crippen molar-refractivity contribution in [2.24, 2.45) is 0 Å². The predicted octanol–water partition coefficient (Wildman–Crippen LogP) is 3.87. The standard InChI is InChI=1S/C19H19ClN4O2/c1-25-16-6-5-14(20)13-4-7-17(22-18(13)16)23-19-15(3-2-8-21-19)24-9-11-26-12-10-24/h2-8H,9-12H2,1H3,(H,21,22,23). The van der Waals surface area contributed by atoms with Crippen molar-refractivity contribution in [3.8, 4) is 5.75 Å². The minimum absolute atomic E-state index is 0.645. The number of methoxy groups -OCH3 is 1. The summed E-state index contributed by atoms with van der Waals surface area (Å²) in [7, 11) is 1.62. The van der Waals surface area contributed by atoms with Crippen molar-refractivity contribution in [2.45, 2.75) is 0 Å². The molecule has 0 atom stereocenters. The van der Waals surface area contributed by atoms with Crippen LogP contribution in [0.1, 0.15) is 0 Å². The van der Waals surface area contributed by atoms with Crippen LogP contribution in [-0.2, 0) is 4.74 Å². The zero-order chi connectivity index (χ0) is 17.9. The number of nitrogens with one attached hydrogen (secondary N) is 1. The summed E-state index contributed by atoms with van der Waals surface area (Å²) in [4.78, 5) is 11.4. The van der Waals surface area contributed by atoms with Gasteiger partial charge in [0.1, 0.15) is 17.1 Å². The highest BCUT2D eigenvalue weighted by Gasteiger charge is 2.16. The molecule has 0 unspecified atom stereocenters. The molecule has 1 aromatic carbocycles. The molecule has 1 fully saturated rings. The van der Waals surface area contributed by atoms with Crippen LogP contribution in [0, 0.1) is 0 Å². The van der Waals surface area contributed by atoms with Gasteiger partial charge in [-0.1, -0.05) is 11.6 Å². The van der Waals surface area contributed by atoms with Gasteiger partial charge in [-0.2, -0.15) is 0 Å². The lowest BCUT2D eigenvalue weighted by Crippen LogP contribution is -2.36. The van der Waals surface area contributed by atoms with Crippen molar-refractivity contribution in [3.63, 3.8) is 0 Å². The molecule has 1 N–H and O–H groups in total. The van der Waals surface area contributed by atoms with Crippen molar-refractivity contribution in [1.29, 1.82) is 0 Å². The molecule has 26 heavy (non-hydrogen) atoms. The van der Waals surface area contributed by atoms with E-state index in [1.807, 2.05) is 30.3 Å². The number of anilines is 3. The second-order valence-electron chi connectivity index (χ2n) is 5.94. The van der Waals surface area contributed by atoms with Gasteiger partial charge in [0.25, 0.3) is 0 Å². The van der Waals surface area contributed by atoms with E-state index < -0.39 is 0 Å². The van der Waals surface area contributed by atoms with Crippen molar-refractivity contribution < 1.29 is 9.47 Å². The predicted molar refractivity (Wildman–Crippen MR) is 104 cm³/mol. The van der Waals surface area contributed by atoms with Gasteiger partial charge in [0.15, 0.2) is 5.82 Å². The third-order valence-electron chi connectivity index (χ3n) is 4.37. The van der Waals surface area contributed by atoms with E-state index in [-0.39, 0.29) is 0 Å². The molecule has 1 aliphatic heterocycles. The number of rotatable bonds is 4. The Hall–Kier alpha value is -2.57. The fraction of sp³-hybridized carbons (Fsp3) is 0.263. The van der Waals surface area contributed by atoms with Gasteiger partial charge in [-0.15, -0.1) is 0 Å². The van der Waals surface area contributed by atoms with Crippen LogP contribution in [0.15, 0.2) is 42.6 Å². The van der Waals surface area contributed by atoms with E-state index in [9.17, 15) is 0 Å². The summed E-state index contributed by atoms with van der Waals surface area (Å²) in [5.74, 6) is 2.14. The lowest BCUT2D eigenvalue weighted by molar-refractivity contribution is 0.122. The molecular weight excluding hydrogens is 352 g/mol. The summed E-state index contributed by atoms with van der Waals surface area (Å²) >= 11 is 6.28. The molecule has 4 rings (SSSR count). The van der Waals surface area contributed by atoms with Crippen LogP contribution in [-0.4, -0.2) is 43.4 Å². The minimum atomic E-state index is 0.645. The third kappa shape index (κ3) is 3.25. The molecule has 3 heterocycles. The fourth-order valence-electron chi connectivity index (χ4n) is 3.07. The molecule has 0 amide bonds. The molecule has 6 nitrogen and oxygen atoms in total. The van der Waals surface area contributed by atoms with E-state index in [2.05, 4.69) is 26.3 Å². The van der Waals surface area contributed by atoms with Crippen LogP contribution in [0.2, 0.25) is 5.02 Å². The first kappa shape index (κ1) is 16.9. The summed E-state index contributed by atoms with van der Waals surface area (Å²) in [5, 5.41) is 4.83. The number of fused-ring (bicyclic) bond motifs is 1. The van der Waals surface area contributed by atoms with E-state index in [0.717, 1.165) is 43.2 Å². The van der Waals surface area contributed by atoms with Gasteiger partial charge in [0, 0.05) is 24.7 Å². The van der Waals surface area contributed by atoms with Crippen molar-refractivity contribution in [1.82, 2.24) is 9.97 Å². The van der Waals surface area contributed by atoms with Gasteiger partial charge in [0.05, 0.1) is 31.0 Å². The highest BCUT2D eigenvalue weighted by atomic mass is 35.5. The molecule has 0 aliphatic carbocycles. The highest BCUT2D eigenvalue weighted by Crippen LogP contribution is 2.32. The third-order valence-corrected chi connectivity index (χ3v) is 4.70. The molecule has 0 bridgehead atoms. The highest BCUT2D eigenvalue weighted by molar-refractivity contribution is 6.35. The number of aromatic nitrogens is 2. The zero-order valence-corrected chi connectivity index (χ0v) is 15.2. The van der Waals surface area contributed by atoms with Gasteiger partial charge in [-0.25, -0.2) is 9.97 Å². The van der Waals surface area contributed by atoms with Crippen LogP contribution in [0.4, 0.5) is 17.3 Å². The number of hydrogen-bond donors (Lipinski definition) is 1. The number of ether oxygens (including phenoxy) is 2. The molecule has 1 aliphatic rings. The number of pyridine rings is 2. The van der Waals surface area contributed by atoms with Gasteiger partial charge in [-0.05, 0) is 36.4 Å². The number of morpholine rings is 1. The number of nitrogens with zero attached hydrogens (tertiary/aromatic N) is 3. The van der Waals surface area contributed by atoms with E-state index in [4.69, 9.17) is 21.1 Å². The lowest BCUT2D eigenvalue weighted by atomic mass is 10.2. The molecule has 2 aromatic heterocycles. The number of halogens is 1. The minimum Gasteiger partial charge on any atom is -0.494 e. The quantitative estimate of drug-likeness (QED) is 0.752. The Labute approximate surface area is 156 Å². The molecular formula is C19H19ClN4O2. The van der Waals surface area contributed by atoms with Crippen molar-refractivity contribution in [3.05, 3.63) is 47.6 Å². The summed E-state index contributed by atoms with van der Waals surface area (Å²) in [6, 6.07) is 11.5. The first-order valence-corrected chi connectivity index (χ1v) is 8.82. The molecule has 0 saturated carbocycles. The van der Waals surface area contributed by atoms with Crippen LogP contribution >= 0.6 is 11.6 Å². The summed E-state index contributed by atoms with van der Waals surface area (Å²) in [5.41, 5.74) is 1.75. The second-order valence-corrected chi connectivity index (χ2v) is 6.35. The Morgan fingerprint density at radius 2 is 2.00 bits per heavy atom. The fourth-order valence-corrected chi connectivity index (χ4v) is 3.28. The summed E-state index contributed by atoms with van der Waals surface area (Å²) in [6.45, 7) is 3.13. The van der Waals surface area contributed by atoms with Crippen molar-refractivity contribution >= 4 is 39.8 Å². The Kier molecular flexibility index (Phi) is 4.77. The normalized spacial score (nSPS) is 14.5. The molecule has 7 heteroatoms. The maximum atomic E-state index is 6.28. The molecule has 0 spiro atoms. The Balaban J connectivity index is 1.69. The molecule has 0 radical (unpaired) electrons. The van der Waals surface area contributed by atoms with Crippen LogP contribution in [0.3, 0.4) is 0 Å². The van der Waals surface area contributed by atoms with Crippen LogP contribution in [0.25, 0.3) is 10.9 Å². The summed E-state index contributed by atoms with van der Waals surface area (Å²) < 4.78 is 10.9. The first-order valence-electron chi connectivity index (χ1n) is 8.44. The van der Waals surface area contributed by atoms with E-state index in [1.54, 1.807) is 13.3 Å². The number of hydrogen-bond acceptors (Lipinski definition) is 6. The molecule has 134 valence electrons. The average Bonchev–Trinajstić information content (AvgIpc) is 2.69. The maximum Gasteiger partial charge on any atom is 0.155 e. The lowest BCUT2D eigenvalue weighted by Gasteiger charge is -2.30. The first-order chi connectivity index (χ1) is 12.8. The monoisotopic (exact) mass is 370 g/mol. The second kappa shape index (κ2) is 7.35. The number of benzene rings is 1.